The van der Waals surface area contributed by atoms with Crippen LogP contribution in [0.15, 0.2) is 23.3 Å². The molecule has 0 radical (unpaired) electrons. The third-order valence-corrected chi connectivity index (χ3v) is 7.15. The molecule has 1 heterocycles. The first-order valence-corrected chi connectivity index (χ1v) is 12.0. The molecular formula is C22H26FIN4O4. The van der Waals surface area contributed by atoms with E-state index in [1.54, 1.807) is 6.07 Å². The van der Waals surface area contributed by atoms with Crippen LogP contribution in [0.5, 0.6) is 0 Å². The Morgan fingerprint density at radius 2 is 2.00 bits per heavy atom. The fraction of sp³-hybridized carbons (Fsp3) is 0.545. The van der Waals surface area contributed by atoms with Crippen LogP contribution in [0.2, 0.25) is 0 Å². The summed E-state index contributed by atoms with van der Waals surface area (Å²) in [6.07, 6.45) is 4.72. The van der Waals surface area contributed by atoms with Crippen LogP contribution in [0.25, 0.3) is 0 Å². The minimum atomic E-state index is -0.854. The van der Waals surface area contributed by atoms with Gasteiger partial charge in [0.05, 0.1) is 0 Å². The highest BCUT2D eigenvalue weighted by Crippen LogP contribution is 2.41. The fourth-order valence-corrected chi connectivity index (χ4v) is 5.22. The van der Waals surface area contributed by atoms with Gasteiger partial charge in [0.2, 0.25) is 0 Å². The lowest BCUT2D eigenvalue weighted by Crippen LogP contribution is -2.53. The van der Waals surface area contributed by atoms with E-state index in [2.05, 4.69) is 43.8 Å². The zero-order valence-corrected chi connectivity index (χ0v) is 19.9. The highest BCUT2D eigenvalue weighted by molar-refractivity contribution is 14.1. The lowest BCUT2D eigenvalue weighted by atomic mass is 9.73. The Hall–Kier alpha value is -2.24. The highest BCUT2D eigenvalue weighted by atomic mass is 127. The van der Waals surface area contributed by atoms with Gasteiger partial charge in [-0.3, -0.25) is 9.59 Å². The largest absolute Gasteiger partial charge is 0.435 e. The standard InChI is InChI=1S/C22H26FIN4O4/c1-12(25-19(29)20(30)26-15-3-4-15)10-13-6-8-22(9-7-13)18(27-28-21(31)32-22)16-5-2-14(23)11-17(16)24/h2,5,11-13,15H,3-4,6-10H2,1H3,(H,25,29)(H,26,30)(H,28,31)/t12-,13?,22?/m0/s1. The van der Waals surface area contributed by atoms with E-state index >= 15 is 0 Å². The second-order valence-electron chi connectivity index (χ2n) is 8.88. The number of ether oxygens (including phenoxy) is 1. The van der Waals surface area contributed by atoms with Crippen LogP contribution in [-0.4, -0.2) is 41.3 Å². The number of benzene rings is 1. The van der Waals surface area contributed by atoms with Crippen molar-refractivity contribution in [1.82, 2.24) is 16.1 Å². The maximum atomic E-state index is 13.6. The molecule has 4 rings (SSSR count). The van der Waals surface area contributed by atoms with Gasteiger partial charge in [0.1, 0.15) is 11.5 Å². The van der Waals surface area contributed by atoms with Gasteiger partial charge in [-0.25, -0.2) is 14.6 Å². The molecule has 1 aromatic carbocycles. The molecule has 1 aromatic rings. The Morgan fingerprint density at radius 3 is 2.66 bits per heavy atom. The highest BCUT2D eigenvalue weighted by Gasteiger charge is 2.46. The minimum absolute atomic E-state index is 0.144. The van der Waals surface area contributed by atoms with Gasteiger partial charge < -0.3 is 15.4 Å². The van der Waals surface area contributed by atoms with Gasteiger partial charge in [-0.15, -0.1) is 0 Å². The Balaban J connectivity index is 1.37. The molecule has 0 unspecified atom stereocenters. The summed E-state index contributed by atoms with van der Waals surface area (Å²) in [5, 5.41) is 9.76. The number of carbonyl (C=O) groups excluding carboxylic acids is 3. The van der Waals surface area contributed by atoms with Gasteiger partial charge in [-0.1, -0.05) is 0 Å². The number of rotatable bonds is 5. The van der Waals surface area contributed by atoms with Crippen LogP contribution >= 0.6 is 22.6 Å². The third-order valence-electron chi connectivity index (χ3n) is 6.26. The maximum Gasteiger partial charge on any atom is 0.428 e. The summed E-state index contributed by atoms with van der Waals surface area (Å²) < 4.78 is 20.0. The minimum Gasteiger partial charge on any atom is -0.435 e. The van der Waals surface area contributed by atoms with Crippen LogP contribution in [0.3, 0.4) is 0 Å². The second-order valence-corrected chi connectivity index (χ2v) is 10.0. The molecule has 1 atom stereocenters. The van der Waals surface area contributed by atoms with Crippen molar-refractivity contribution in [2.75, 3.05) is 0 Å². The van der Waals surface area contributed by atoms with Crippen molar-refractivity contribution < 1.29 is 23.5 Å². The molecule has 2 saturated carbocycles. The van der Waals surface area contributed by atoms with Crippen LogP contribution < -0.4 is 16.1 Å². The summed E-state index contributed by atoms with van der Waals surface area (Å²) in [5.74, 6) is -1.19. The molecule has 0 saturated heterocycles. The quantitative estimate of drug-likeness (QED) is 0.383. The van der Waals surface area contributed by atoms with Gasteiger partial charge in [0, 0.05) is 21.2 Å². The second kappa shape index (κ2) is 9.32. The van der Waals surface area contributed by atoms with Gasteiger partial charge in [-0.05, 0) is 98.6 Å². The Labute approximate surface area is 199 Å². The number of hydrazone groups is 1. The van der Waals surface area contributed by atoms with Gasteiger partial charge in [-0.2, -0.15) is 5.10 Å². The molecule has 1 spiro atoms. The van der Waals surface area contributed by atoms with E-state index in [-0.39, 0.29) is 17.9 Å². The normalized spacial score (nSPS) is 25.9. The van der Waals surface area contributed by atoms with E-state index in [9.17, 15) is 18.8 Å². The molecule has 3 aliphatic rings. The van der Waals surface area contributed by atoms with E-state index in [1.165, 1.54) is 12.1 Å². The summed E-state index contributed by atoms with van der Waals surface area (Å²) >= 11 is 2.06. The number of hydrogen-bond donors (Lipinski definition) is 3. The van der Waals surface area contributed by atoms with Crippen molar-refractivity contribution in [3.8, 4) is 0 Å². The molecule has 0 aromatic heterocycles. The maximum absolute atomic E-state index is 13.6. The van der Waals surface area contributed by atoms with Crippen LogP contribution in [-0.2, 0) is 14.3 Å². The number of nitrogens with one attached hydrogen (secondary N) is 3. The smallest absolute Gasteiger partial charge is 0.428 e. The Kier molecular flexibility index (Phi) is 6.68. The van der Waals surface area contributed by atoms with Crippen molar-refractivity contribution in [2.24, 2.45) is 11.0 Å². The van der Waals surface area contributed by atoms with Crippen molar-refractivity contribution in [1.29, 1.82) is 0 Å². The predicted octanol–water partition coefficient (Wildman–Crippen LogP) is 2.98. The molecule has 8 nitrogen and oxygen atoms in total. The zero-order chi connectivity index (χ0) is 22.9. The summed E-state index contributed by atoms with van der Waals surface area (Å²) in [4.78, 5) is 35.9. The molecule has 2 fully saturated rings. The molecular weight excluding hydrogens is 530 g/mol. The van der Waals surface area contributed by atoms with Crippen LogP contribution in [0.1, 0.15) is 57.4 Å². The molecule has 32 heavy (non-hydrogen) atoms. The van der Waals surface area contributed by atoms with E-state index in [0.717, 1.165) is 37.7 Å². The first kappa shape index (κ1) is 22.9. The lowest BCUT2D eigenvalue weighted by Gasteiger charge is -2.42. The van der Waals surface area contributed by atoms with Crippen molar-refractivity contribution in [3.05, 3.63) is 33.1 Å². The topological polar surface area (TPSA) is 109 Å². The number of nitrogens with zero attached hydrogens (tertiary/aromatic N) is 1. The molecule has 2 aliphatic carbocycles. The van der Waals surface area contributed by atoms with Crippen LogP contribution in [0.4, 0.5) is 9.18 Å². The molecule has 0 bridgehead atoms. The predicted molar refractivity (Wildman–Crippen MR) is 123 cm³/mol. The summed E-state index contributed by atoms with van der Waals surface area (Å²) in [6.45, 7) is 1.89. The molecule has 3 amide bonds. The molecule has 1 aliphatic heterocycles. The third kappa shape index (κ3) is 5.21. The number of hydrogen-bond acceptors (Lipinski definition) is 5. The van der Waals surface area contributed by atoms with E-state index in [4.69, 9.17) is 4.74 Å². The summed E-state index contributed by atoms with van der Waals surface area (Å²) in [7, 11) is 0. The zero-order valence-electron chi connectivity index (χ0n) is 17.7. The molecule has 10 heteroatoms. The number of amides is 3. The fourth-order valence-electron chi connectivity index (χ4n) is 4.48. The lowest BCUT2D eigenvalue weighted by molar-refractivity contribution is -0.139. The number of carbonyl (C=O) groups is 3. The summed E-state index contributed by atoms with van der Waals surface area (Å²) in [6, 6.07) is 4.46. The Bertz CT molecular complexity index is 957. The van der Waals surface area contributed by atoms with Gasteiger partial charge >= 0.3 is 17.9 Å². The summed E-state index contributed by atoms with van der Waals surface area (Å²) in [5.41, 5.74) is 2.88. The SMILES string of the molecule is C[C@@H](CC1CCC2(CC1)OC(=O)NN=C2c1ccc(F)cc1I)NC(=O)C(=O)NC1CC1. The van der Waals surface area contributed by atoms with Gasteiger partial charge in [0.25, 0.3) is 0 Å². The van der Waals surface area contributed by atoms with E-state index in [0.29, 0.717) is 28.0 Å². The van der Waals surface area contributed by atoms with E-state index < -0.39 is 23.5 Å². The monoisotopic (exact) mass is 556 g/mol. The first-order chi connectivity index (χ1) is 15.3. The first-order valence-electron chi connectivity index (χ1n) is 10.9. The van der Waals surface area contributed by atoms with Crippen LogP contribution in [0, 0.1) is 15.3 Å². The van der Waals surface area contributed by atoms with Crippen molar-refractivity contribution >= 4 is 46.2 Å². The van der Waals surface area contributed by atoms with Crippen molar-refractivity contribution in [2.45, 2.75) is 69.6 Å². The molecule has 172 valence electrons. The van der Waals surface area contributed by atoms with E-state index in [1.807, 2.05) is 6.92 Å². The molecule has 3 N–H and O–H groups in total. The van der Waals surface area contributed by atoms with Gasteiger partial charge in [0.15, 0.2) is 5.60 Å². The number of halogens is 2. The average molecular weight is 556 g/mol. The average Bonchev–Trinajstić information content (AvgIpc) is 3.55. The Morgan fingerprint density at radius 1 is 1.28 bits per heavy atom. The van der Waals surface area contributed by atoms with Crippen molar-refractivity contribution in [3.63, 3.8) is 0 Å².